The summed E-state index contributed by atoms with van der Waals surface area (Å²) in [5.74, 6) is 2.89. The van der Waals surface area contributed by atoms with Gasteiger partial charge in [-0.3, -0.25) is 4.79 Å². The number of carbonyl (C=O) groups excluding carboxylic acids is 1. The van der Waals surface area contributed by atoms with Crippen LogP contribution in [0, 0.1) is 18.3 Å². The molecule has 0 saturated carbocycles. The van der Waals surface area contributed by atoms with Crippen molar-refractivity contribution in [2.75, 3.05) is 19.6 Å². The number of terminal acetylenes is 1. The van der Waals surface area contributed by atoms with Crippen molar-refractivity contribution in [2.45, 2.75) is 24.3 Å². The molecule has 3 rings (SSSR count). The Balaban J connectivity index is 1.64. The van der Waals surface area contributed by atoms with Crippen LogP contribution in [0.2, 0.25) is 0 Å². The normalized spacial score (nSPS) is 16.0. The molecule has 0 unspecified atom stereocenters. The fourth-order valence-corrected chi connectivity index (χ4v) is 4.75. The number of piperidine rings is 1. The average molecular weight is 386 g/mol. The first-order chi connectivity index (χ1) is 13.0. The smallest absolute Gasteiger partial charge is 0.243 e. The standard InChI is InChI=1S/C20H22N2O4S/c1-2-12-21(16-18-7-6-15-26-18)20(23)17-10-13-22(14-11-17)27(24,25)19-8-4-3-5-9-19/h1,3-9,15,17H,10-14,16H2. The summed E-state index contributed by atoms with van der Waals surface area (Å²) in [7, 11) is -3.52. The Hall–Kier alpha value is -2.56. The second-order valence-electron chi connectivity index (χ2n) is 6.47. The number of hydrogen-bond acceptors (Lipinski definition) is 4. The van der Waals surface area contributed by atoms with Gasteiger partial charge in [-0.25, -0.2) is 8.42 Å². The summed E-state index contributed by atoms with van der Waals surface area (Å²) in [5, 5.41) is 0. The molecule has 2 aromatic rings. The van der Waals surface area contributed by atoms with E-state index in [1.54, 1.807) is 53.6 Å². The number of furan rings is 1. The van der Waals surface area contributed by atoms with Crippen LogP contribution in [-0.2, 0) is 21.4 Å². The van der Waals surface area contributed by atoms with E-state index in [9.17, 15) is 13.2 Å². The number of rotatable bonds is 6. The quantitative estimate of drug-likeness (QED) is 0.715. The second kappa shape index (κ2) is 8.42. The fourth-order valence-electron chi connectivity index (χ4n) is 3.26. The summed E-state index contributed by atoms with van der Waals surface area (Å²) in [6.07, 6.45) is 7.92. The Bertz CT molecular complexity index is 893. The lowest BCUT2D eigenvalue weighted by Crippen LogP contribution is -2.44. The maximum atomic E-state index is 12.9. The monoisotopic (exact) mass is 386 g/mol. The lowest BCUT2D eigenvalue weighted by molar-refractivity contribution is -0.137. The van der Waals surface area contributed by atoms with E-state index >= 15 is 0 Å². The molecule has 7 heteroatoms. The van der Waals surface area contributed by atoms with E-state index in [4.69, 9.17) is 10.8 Å². The zero-order chi connectivity index (χ0) is 19.3. The fraction of sp³-hybridized carbons (Fsp3) is 0.350. The zero-order valence-electron chi connectivity index (χ0n) is 15.0. The molecule has 0 bridgehead atoms. The highest BCUT2D eigenvalue weighted by molar-refractivity contribution is 7.89. The molecule has 1 amide bonds. The first-order valence-corrected chi connectivity index (χ1v) is 10.3. The van der Waals surface area contributed by atoms with Crippen LogP contribution >= 0.6 is 0 Å². The molecule has 0 N–H and O–H groups in total. The van der Waals surface area contributed by atoms with Crippen molar-refractivity contribution in [3.05, 3.63) is 54.5 Å². The Morgan fingerprint density at radius 2 is 1.89 bits per heavy atom. The summed E-state index contributed by atoms with van der Waals surface area (Å²) < 4.78 is 32.2. The molecule has 1 aromatic carbocycles. The average Bonchev–Trinajstić information content (AvgIpc) is 3.21. The Kier molecular flexibility index (Phi) is 5.99. The number of nitrogens with zero attached hydrogens (tertiary/aromatic N) is 2. The molecule has 6 nitrogen and oxygen atoms in total. The predicted molar refractivity (Wildman–Crippen MR) is 101 cm³/mol. The highest BCUT2D eigenvalue weighted by Crippen LogP contribution is 2.25. The Morgan fingerprint density at radius 1 is 1.19 bits per heavy atom. The van der Waals surface area contributed by atoms with Crippen LogP contribution in [0.1, 0.15) is 18.6 Å². The maximum Gasteiger partial charge on any atom is 0.243 e. The summed E-state index contributed by atoms with van der Waals surface area (Å²) in [6, 6.07) is 11.9. The lowest BCUT2D eigenvalue weighted by Gasteiger charge is -2.33. The van der Waals surface area contributed by atoms with Crippen LogP contribution in [-0.4, -0.2) is 43.2 Å². The summed E-state index contributed by atoms with van der Waals surface area (Å²) in [5.41, 5.74) is 0. The van der Waals surface area contributed by atoms with E-state index in [2.05, 4.69) is 5.92 Å². The molecule has 1 aliphatic rings. The SMILES string of the molecule is C#CCN(Cc1ccco1)C(=O)C1CCN(S(=O)(=O)c2ccccc2)CC1. The molecule has 1 fully saturated rings. The van der Waals surface area contributed by atoms with E-state index in [-0.39, 0.29) is 23.3 Å². The minimum absolute atomic E-state index is 0.0545. The molecule has 2 heterocycles. The number of amides is 1. The van der Waals surface area contributed by atoms with Crippen molar-refractivity contribution in [1.29, 1.82) is 0 Å². The van der Waals surface area contributed by atoms with E-state index in [0.717, 1.165) is 0 Å². The molecular weight excluding hydrogens is 364 g/mol. The molecule has 0 aliphatic carbocycles. The van der Waals surface area contributed by atoms with Crippen LogP contribution in [0.5, 0.6) is 0 Å². The Labute approximate surface area is 159 Å². The molecule has 1 saturated heterocycles. The van der Waals surface area contributed by atoms with Crippen molar-refractivity contribution in [3.63, 3.8) is 0 Å². The van der Waals surface area contributed by atoms with E-state index < -0.39 is 10.0 Å². The van der Waals surface area contributed by atoms with Crippen molar-refractivity contribution in [2.24, 2.45) is 5.92 Å². The van der Waals surface area contributed by atoms with E-state index in [0.29, 0.717) is 38.2 Å². The molecule has 142 valence electrons. The van der Waals surface area contributed by atoms with Crippen LogP contribution in [0.25, 0.3) is 0 Å². The topological polar surface area (TPSA) is 70.8 Å². The molecule has 0 spiro atoms. The van der Waals surface area contributed by atoms with Gasteiger partial charge in [-0.05, 0) is 37.1 Å². The van der Waals surface area contributed by atoms with Gasteiger partial charge in [0.25, 0.3) is 0 Å². The van der Waals surface area contributed by atoms with Crippen LogP contribution in [0.3, 0.4) is 0 Å². The highest BCUT2D eigenvalue weighted by Gasteiger charge is 2.33. The molecule has 0 radical (unpaired) electrons. The van der Waals surface area contributed by atoms with Crippen molar-refractivity contribution in [1.82, 2.24) is 9.21 Å². The van der Waals surface area contributed by atoms with Gasteiger partial charge in [0.2, 0.25) is 15.9 Å². The van der Waals surface area contributed by atoms with Crippen LogP contribution in [0.4, 0.5) is 0 Å². The number of benzene rings is 1. The minimum Gasteiger partial charge on any atom is -0.467 e. The first kappa shape index (κ1) is 19.2. The van der Waals surface area contributed by atoms with E-state index in [1.807, 2.05) is 0 Å². The van der Waals surface area contributed by atoms with Crippen molar-refractivity contribution in [3.8, 4) is 12.3 Å². The first-order valence-electron chi connectivity index (χ1n) is 8.82. The highest BCUT2D eigenvalue weighted by atomic mass is 32.2. The van der Waals surface area contributed by atoms with Gasteiger partial charge in [0, 0.05) is 19.0 Å². The lowest BCUT2D eigenvalue weighted by atomic mass is 9.96. The number of sulfonamides is 1. The van der Waals surface area contributed by atoms with Gasteiger partial charge in [0.05, 0.1) is 24.2 Å². The van der Waals surface area contributed by atoms with Gasteiger partial charge in [0.1, 0.15) is 5.76 Å². The summed E-state index contributed by atoms with van der Waals surface area (Å²) in [6.45, 7) is 1.15. The zero-order valence-corrected chi connectivity index (χ0v) is 15.8. The third-order valence-corrected chi connectivity index (χ3v) is 6.62. The largest absolute Gasteiger partial charge is 0.467 e. The van der Waals surface area contributed by atoms with Gasteiger partial charge < -0.3 is 9.32 Å². The van der Waals surface area contributed by atoms with Crippen LogP contribution in [0.15, 0.2) is 58.0 Å². The third-order valence-electron chi connectivity index (χ3n) is 4.70. The van der Waals surface area contributed by atoms with Gasteiger partial charge in [-0.1, -0.05) is 24.1 Å². The van der Waals surface area contributed by atoms with E-state index in [1.165, 1.54) is 4.31 Å². The number of carbonyl (C=O) groups is 1. The summed E-state index contributed by atoms with van der Waals surface area (Å²) >= 11 is 0. The minimum atomic E-state index is -3.52. The summed E-state index contributed by atoms with van der Waals surface area (Å²) in [4.78, 5) is 14.7. The maximum absolute atomic E-state index is 12.9. The van der Waals surface area contributed by atoms with Gasteiger partial charge in [0.15, 0.2) is 0 Å². The molecule has 1 aliphatic heterocycles. The van der Waals surface area contributed by atoms with Crippen molar-refractivity contribution < 1.29 is 17.6 Å². The molecule has 0 atom stereocenters. The van der Waals surface area contributed by atoms with Gasteiger partial charge in [-0.2, -0.15) is 4.31 Å². The predicted octanol–water partition coefficient (Wildman–Crippen LogP) is 2.34. The second-order valence-corrected chi connectivity index (χ2v) is 8.41. The van der Waals surface area contributed by atoms with Crippen molar-refractivity contribution >= 4 is 15.9 Å². The number of hydrogen-bond donors (Lipinski definition) is 0. The van der Waals surface area contributed by atoms with Crippen LogP contribution < -0.4 is 0 Å². The van der Waals surface area contributed by atoms with Gasteiger partial charge >= 0.3 is 0 Å². The molecule has 1 aromatic heterocycles. The molecule has 27 heavy (non-hydrogen) atoms. The molecular formula is C20H22N2O4S. The third kappa shape index (κ3) is 4.41. The van der Waals surface area contributed by atoms with Gasteiger partial charge in [-0.15, -0.1) is 6.42 Å². The Morgan fingerprint density at radius 3 is 2.48 bits per heavy atom.